The molecule has 60 valence electrons. The maximum atomic E-state index is 5.87. The van der Waals surface area contributed by atoms with Crippen LogP contribution in [0.2, 0.25) is 0 Å². The highest BCUT2D eigenvalue weighted by molar-refractivity contribution is 7.03. The summed E-state index contributed by atoms with van der Waals surface area (Å²) in [5.41, 5.74) is 7.17. The topological polar surface area (TPSA) is 51.8 Å². The molecule has 1 saturated carbocycles. The van der Waals surface area contributed by atoms with Gasteiger partial charge in [0.15, 0.2) is 0 Å². The van der Waals surface area contributed by atoms with Crippen molar-refractivity contribution in [2.45, 2.75) is 25.8 Å². The Morgan fingerprint density at radius 2 is 2.27 bits per heavy atom. The number of hydrogen-bond donors (Lipinski definition) is 1. The molecule has 1 heterocycles. The largest absolute Gasteiger partial charge is 0.327 e. The van der Waals surface area contributed by atoms with Crippen molar-refractivity contribution in [3.8, 4) is 0 Å². The van der Waals surface area contributed by atoms with Crippen LogP contribution in [-0.4, -0.2) is 15.6 Å². The number of nitrogens with zero attached hydrogens (tertiary/aromatic N) is 2. The van der Waals surface area contributed by atoms with Crippen LogP contribution < -0.4 is 5.73 Å². The molecular weight excluding hydrogens is 158 g/mol. The van der Waals surface area contributed by atoms with Gasteiger partial charge in [0.1, 0.15) is 0 Å². The number of nitrogens with two attached hydrogens (primary N) is 1. The molecule has 1 aromatic heterocycles. The lowest BCUT2D eigenvalue weighted by molar-refractivity contribution is 0.595. The zero-order valence-electron chi connectivity index (χ0n) is 6.61. The molecular formula is C7H11N3S. The van der Waals surface area contributed by atoms with Crippen LogP contribution in [0.25, 0.3) is 0 Å². The molecule has 0 saturated heterocycles. The predicted molar refractivity (Wildman–Crippen MR) is 44.4 cm³/mol. The average Bonchev–Trinajstić information content (AvgIpc) is 2.40. The smallest absolute Gasteiger partial charge is 0.0807 e. The number of aromatic nitrogens is 2. The van der Waals surface area contributed by atoms with E-state index in [1.54, 1.807) is 0 Å². The van der Waals surface area contributed by atoms with Gasteiger partial charge in [0.05, 0.1) is 5.69 Å². The van der Waals surface area contributed by atoms with Gasteiger partial charge >= 0.3 is 0 Å². The Morgan fingerprint density at radius 1 is 1.64 bits per heavy atom. The molecule has 4 heteroatoms. The molecule has 0 aromatic carbocycles. The lowest BCUT2D eigenvalue weighted by Gasteiger charge is -1.96. The molecule has 11 heavy (non-hydrogen) atoms. The third-order valence-electron chi connectivity index (χ3n) is 2.61. The predicted octanol–water partition coefficient (Wildman–Crippen LogP) is 0.989. The van der Waals surface area contributed by atoms with Crippen molar-refractivity contribution in [2.24, 2.45) is 11.1 Å². The summed E-state index contributed by atoms with van der Waals surface area (Å²) in [6, 6.07) is 0.270. The van der Waals surface area contributed by atoms with Gasteiger partial charge < -0.3 is 5.73 Å². The summed E-state index contributed by atoms with van der Waals surface area (Å²) < 4.78 is 3.82. The van der Waals surface area contributed by atoms with Crippen LogP contribution in [0, 0.1) is 5.41 Å². The van der Waals surface area contributed by atoms with Crippen molar-refractivity contribution >= 4 is 11.5 Å². The van der Waals surface area contributed by atoms with E-state index in [0.717, 1.165) is 5.69 Å². The van der Waals surface area contributed by atoms with Crippen LogP contribution in [-0.2, 0) is 0 Å². The van der Waals surface area contributed by atoms with E-state index >= 15 is 0 Å². The minimum Gasteiger partial charge on any atom is -0.327 e. The summed E-state index contributed by atoms with van der Waals surface area (Å²) >= 11 is 1.39. The van der Waals surface area contributed by atoms with Crippen molar-refractivity contribution in [2.75, 3.05) is 0 Å². The Balaban J connectivity index is 2.23. The maximum Gasteiger partial charge on any atom is 0.0807 e. The summed E-state index contributed by atoms with van der Waals surface area (Å²) in [6.07, 6.45) is 0. The average molecular weight is 169 g/mol. The first-order valence-corrected chi connectivity index (χ1v) is 4.50. The fourth-order valence-electron chi connectivity index (χ4n) is 1.55. The first-order valence-electron chi connectivity index (χ1n) is 3.66. The Morgan fingerprint density at radius 3 is 2.64 bits per heavy atom. The Kier molecular flexibility index (Phi) is 1.32. The van der Waals surface area contributed by atoms with Crippen LogP contribution in [0.3, 0.4) is 0 Å². The van der Waals surface area contributed by atoms with Crippen molar-refractivity contribution in [1.29, 1.82) is 0 Å². The van der Waals surface area contributed by atoms with Crippen LogP contribution in [0.5, 0.6) is 0 Å². The Labute approximate surface area is 69.8 Å². The van der Waals surface area contributed by atoms with E-state index in [1.807, 2.05) is 5.38 Å². The second-order valence-electron chi connectivity index (χ2n) is 3.65. The van der Waals surface area contributed by atoms with Gasteiger partial charge in [-0.2, -0.15) is 0 Å². The van der Waals surface area contributed by atoms with Gasteiger partial charge in [-0.3, -0.25) is 0 Å². The Bertz CT molecular complexity index is 255. The van der Waals surface area contributed by atoms with Crippen LogP contribution in [0.15, 0.2) is 5.38 Å². The quantitative estimate of drug-likeness (QED) is 0.682. The lowest BCUT2D eigenvalue weighted by atomic mass is 10.1. The van der Waals surface area contributed by atoms with Gasteiger partial charge in [-0.05, 0) is 16.9 Å². The molecule has 0 amide bonds. The molecule has 2 unspecified atom stereocenters. The molecule has 0 aliphatic heterocycles. The zero-order chi connectivity index (χ0) is 8.06. The van der Waals surface area contributed by atoms with Crippen LogP contribution in [0.4, 0.5) is 0 Å². The summed E-state index contributed by atoms with van der Waals surface area (Å²) in [5.74, 6) is 0.432. The highest BCUT2D eigenvalue weighted by Crippen LogP contribution is 2.56. The molecule has 0 spiro atoms. The van der Waals surface area contributed by atoms with Crippen molar-refractivity contribution in [3.63, 3.8) is 0 Å². The normalized spacial score (nSPS) is 33.7. The minimum absolute atomic E-state index is 0.232. The number of rotatable bonds is 1. The summed E-state index contributed by atoms with van der Waals surface area (Å²) in [6.45, 7) is 4.34. The molecule has 2 atom stereocenters. The molecule has 0 bridgehead atoms. The molecule has 2 N–H and O–H groups in total. The van der Waals surface area contributed by atoms with Crippen LogP contribution >= 0.6 is 11.5 Å². The summed E-state index contributed by atoms with van der Waals surface area (Å²) in [4.78, 5) is 0. The fourth-order valence-corrected chi connectivity index (χ4v) is 2.04. The fraction of sp³-hybridized carbons (Fsp3) is 0.714. The first-order chi connectivity index (χ1) is 5.14. The van der Waals surface area contributed by atoms with Gasteiger partial charge in [0.2, 0.25) is 0 Å². The van der Waals surface area contributed by atoms with Crippen LogP contribution in [0.1, 0.15) is 25.5 Å². The second-order valence-corrected chi connectivity index (χ2v) is 4.26. The number of hydrogen-bond acceptors (Lipinski definition) is 4. The van der Waals surface area contributed by atoms with Gasteiger partial charge in [-0.25, -0.2) is 0 Å². The van der Waals surface area contributed by atoms with E-state index in [2.05, 4.69) is 23.4 Å². The zero-order valence-corrected chi connectivity index (χ0v) is 7.43. The van der Waals surface area contributed by atoms with E-state index < -0.39 is 0 Å². The lowest BCUT2D eigenvalue weighted by Crippen LogP contribution is -2.06. The Hall–Kier alpha value is -0.480. The molecule has 1 aliphatic carbocycles. The molecule has 3 nitrogen and oxygen atoms in total. The SMILES string of the molecule is CC1(C)C(N)C1c1csnn1. The first kappa shape index (κ1) is 7.18. The monoisotopic (exact) mass is 169 g/mol. The molecule has 1 aliphatic rings. The van der Waals surface area contributed by atoms with Gasteiger partial charge in [-0.1, -0.05) is 18.3 Å². The van der Waals surface area contributed by atoms with E-state index in [4.69, 9.17) is 5.73 Å². The van der Waals surface area contributed by atoms with E-state index in [-0.39, 0.29) is 11.5 Å². The summed E-state index contributed by atoms with van der Waals surface area (Å²) in [5, 5.41) is 6.00. The standard InChI is InChI=1S/C7H11N3S/c1-7(2)5(6(7)8)4-3-11-10-9-4/h3,5-6H,8H2,1-2H3. The van der Waals surface area contributed by atoms with Gasteiger partial charge in [0, 0.05) is 17.3 Å². The molecule has 0 radical (unpaired) electrons. The van der Waals surface area contributed by atoms with Gasteiger partial charge in [-0.15, -0.1) is 5.10 Å². The molecule has 2 rings (SSSR count). The third-order valence-corrected chi connectivity index (χ3v) is 3.13. The van der Waals surface area contributed by atoms with Crippen molar-refractivity contribution in [1.82, 2.24) is 9.59 Å². The molecule has 1 fully saturated rings. The van der Waals surface area contributed by atoms with Gasteiger partial charge in [0.25, 0.3) is 0 Å². The molecule has 1 aromatic rings. The second kappa shape index (κ2) is 2.01. The van der Waals surface area contributed by atoms with E-state index in [9.17, 15) is 0 Å². The highest BCUT2D eigenvalue weighted by atomic mass is 32.1. The van der Waals surface area contributed by atoms with E-state index in [1.165, 1.54) is 11.5 Å². The van der Waals surface area contributed by atoms with Crippen molar-refractivity contribution < 1.29 is 0 Å². The maximum absolute atomic E-state index is 5.87. The highest BCUT2D eigenvalue weighted by Gasteiger charge is 2.57. The summed E-state index contributed by atoms with van der Waals surface area (Å²) in [7, 11) is 0. The van der Waals surface area contributed by atoms with Crippen molar-refractivity contribution in [3.05, 3.63) is 11.1 Å². The third kappa shape index (κ3) is 0.895. The van der Waals surface area contributed by atoms with E-state index in [0.29, 0.717) is 5.92 Å². The minimum atomic E-state index is 0.232.